The lowest BCUT2D eigenvalue weighted by atomic mass is 10.0. The number of thiazole rings is 1. The molecule has 0 aromatic carbocycles. The van der Waals surface area contributed by atoms with E-state index in [9.17, 15) is 4.79 Å². The highest BCUT2D eigenvalue weighted by Gasteiger charge is 2.23. The Morgan fingerprint density at radius 2 is 2.25 bits per heavy atom. The number of methoxy groups -OCH3 is 1. The third-order valence-corrected chi connectivity index (χ3v) is 4.93. The van der Waals surface area contributed by atoms with Crippen molar-refractivity contribution in [1.29, 1.82) is 0 Å². The number of anilines is 1. The van der Waals surface area contributed by atoms with E-state index in [1.165, 1.54) is 20.0 Å². The fourth-order valence-electron chi connectivity index (χ4n) is 2.54. The van der Waals surface area contributed by atoms with Gasteiger partial charge in [0.1, 0.15) is 0 Å². The number of carbonyl (C=O) groups is 1. The minimum atomic E-state index is -0.235. The second-order valence-electron chi connectivity index (χ2n) is 5.15. The lowest BCUT2D eigenvalue weighted by Gasteiger charge is -2.36. The Labute approximate surface area is 124 Å². The molecular weight excluding hydrogens is 274 g/mol. The van der Waals surface area contributed by atoms with Gasteiger partial charge in [-0.2, -0.15) is 0 Å². The van der Waals surface area contributed by atoms with Gasteiger partial charge >= 0.3 is 5.97 Å². The molecule has 20 heavy (non-hydrogen) atoms. The number of hydrogen-bond donors (Lipinski definition) is 0. The zero-order valence-electron chi connectivity index (χ0n) is 12.5. The number of carbonyl (C=O) groups excluding carboxylic acids is 1. The molecule has 1 aliphatic rings. The van der Waals surface area contributed by atoms with Gasteiger partial charge in [-0.05, 0) is 19.4 Å². The molecule has 1 aromatic heterocycles. The summed E-state index contributed by atoms with van der Waals surface area (Å²) in [5.74, 6) is -0.235. The van der Waals surface area contributed by atoms with Crippen molar-refractivity contribution >= 4 is 22.4 Å². The van der Waals surface area contributed by atoms with Crippen LogP contribution in [0, 0.1) is 0 Å². The monoisotopic (exact) mass is 297 g/mol. The molecule has 2 rings (SSSR count). The normalized spacial score (nSPS) is 17.1. The smallest absolute Gasteiger partial charge is 0.311 e. The summed E-state index contributed by atoms with van der Waals surface area (Å²) >= 11 is 1.60. The molecule has 5 nitrogen and oxygen atoms in total. The first-order valence-electron chi connectivity index (χ1n) is 7.10. The van der Waals surface area contributed by atoms with E-state index in [0.717, 1.165) is 30.5 Å². The van der Waals surface area contributed by atoms with E-state index in [1.807, 2.05) is 5.38 Å². The molecule has 112 valence electrons. The van der Waals surface area contributed by atoms with Crippen molar-refractivity contribution in [2.75, 3.05) is 38.7 Å². The van der Waals surface area contributed by atoms with Crippen molar-refractivity contribution in [1.82, 2.24) is 9.88 Å². The maximum atomic E-state index is 11.3. The molecule has 1 aromatic rings. The van der Waals surface area contributed by atoms with Gasteiger partial charge in [0.15, 0.2) is 5.13 Å². The van der Waals surface area contributed by atoms with Gasteiger partial charge in [-0.15, -0.1) is 11.3 Å². The molecular formula is C14H23N3O2S. The van der Waals surface area contributed by atoms with Crippen LogP contribution in [-0.4, -0.2) is 55.7 Å². The molecule has 0 atom stereocenters. The maximum Gasteiger partial charge on any atom is 0.311 e. The van der Waals surface area contributed by atoms with Crippen molar-refractivity contribution in [2.45, 2.75) is 32.2 Å². The SMILES string of the molecule is CCN1CCC(N(C)c2nc(CC(=O)OC)cs2)CC1. The number of piperidine rings is 1. The Bertz CT molecular complexity index is 441. The Balaban J connectivity index is 1.92. The summed E-state index contributed by atoms with van der Waals surface area (Å²) in [7, 11) is 3.51. The quantitative estimate of drug-likeness (QED) is 0.775. The molecule has 0 bridgehead atoms. The van der Waals surface area contributed by atoms with E-state index in [1.54, 1.807) is 11.3 Å². The molecule has 2 heterocycles. The molecule has 0 aliphatic carbocycles. The first-order valence-corrected chi connectivity index (χ1v) is 7.98. The minimum Gasteiger partial charge on any atom is -0.469 e. The van der Waals surface area contributed by atoms with Crippen LogP contribution in [0.3, 0.4) is 0 Å². The number of likely N-dealkylation sites (tertiary alicyclic amines) is 1. The lowest BCUT2D eigenvalue weighted by Crippen LogP contribution is -2.43. The van der Waals surface area contributed by atoms with Gasteiger partial charge in [-0.25, -0.2) is 4.98 Å². The number of aromatic nitrogens is 1. The summed E-state index contributed by atoms with van der Waals surface area (Å²) in [6.07, 6.45) is 2.61. The van der Waals surface area contributed by atoms with Crippen LogP contribution in [0.4, 0.5) is 5.13 Å². The third-order valence-electron chi connectivity index (χ3n) is 3.95. The van der Waals surface area contributed by atoms with Crippen molar-refractivity contribution in [3.63, 3.8) is 0 Å². The Hall–Kier alpha value is -1.14. The van der Waals surface area contributed by atoms with E-state index in [0.29, 0.717) is 6.04 Å². The molecule has 6 heteroatoms. The van der Waals surface area contributed by atoms with Crippen LogP contribution in [0.15, 0.2) is 5.38 Å². The van der Waals surface area contributed by atoms with E-state index in [4.69, 9.17) is 0 Å². The van der Waals surface area contributed by atoms with Crippen LogP contribution in [0.1, 0.15) is 25.5 Å². The van der Waals surface area contributed by atoms with Crippen LogP contribution >= 0.6 is 11.3 Å². The summed E-state index contributed by atoms with van der Waals surface area (Å²) < 4.78 is 4.67. The second-order valence-corrected chi connectivity index (χ2v) is 5.99. The summed E-state index contributed by atoms with van der Waals surface area (Å²) in [5, 5.41) is 2.95. The first kappa shape index (κ1) is 15.3. The van der Waals surface area contributed by atoms with Gasteiger partial charge in [0.2, 0.25) is 0 Å². The Morgan fingerprint density at radius 3 is 2.85 bits per heavy atom. The molecule has 1 saturated heterocycles. The van der Waals surface area contributed by atoms with Crippen LogP contribution in [0.25, 0.3) is 0 Å². The molecule has 0 spiro atoms. The molecule has 0 amide bonds. The van der Waals surface area contributed by atoms with Crippen LogP contribution in [0.2, 0.25) is 0 Å². The average molecular weight is 297 g/mol. The van der Waals surface area contributed by atoms with Gasteiger partial charge in [0.05, 0.1) is 19.2 Å². The van der Waals surface area contributed by atoms with E-state index < -0.39 is 0 Å². The molecule has 1 aliphatic heterocycles. The van der Waals surface area contributed by atoms with Gasteiger partial charge < -0.3 is 14.5 Å². The highest BCUT2D eigenvalue weighted by Crippen LogP contribution is 2.25. The van der Waals surface area contributed by atoms with Gasteiger partial charge in [0.25, 0.3) is 0 Å². The summed E-state index contributed by atoms with van der Waals surface area (Å²) in [6, 6.07) is 0.551. The summed E-state index contributed by atoms with van der Waals surface area (Å²) in [4.78, 5) is 20.5. The van der Waals surface area contributed by atoms with Gasteiger partial charge in [-0.3, -0.25) is 4.79 Å². The molecule has 0 radical (unpaired) electrons. The molecule has 0 N–H and O–H groups in total. The highest BCUT2D eigenvalue weighted by molar-refractivity contribution is 7.13. The van der Waals surface area contributed by atoms with Crippen LogP contribution in [0.5, 0.6) is 0 Å². The number of rotatable bonds is 5. The molecule has 1 fully saturated rings. The van der Waals surface area contributed by atoms with E-state index >= 15 is 0 Å². The van der Waals surface area contributed by atoms with Crippen molar-refractivity contribution in [3.05, 3.63) is 11.1 Å². The highest BCUT2D eigenvalue weighted by atomic mass is 32.1. The average Bonchev–Trinajstić information content (AvgIpc) is 2.95. The van der Waals surface area contributed by atoms with Gasteiger partial charge in [0, 0.05) is 31.6 Å². The maximum absolute atomic E-state index is 11.3. The molecule has 0 unspecified atom stereocenters. The number of hydrogen-bond acceptors (Lipinski definition) is 6. The number of ether oxygens (including phenoxy) is 1. The minimum absolute atomic E-state index is 0.235. The predicted octanol–water partition coefficient (Wildman–Crippen LogP) is 1.78. The summed E-state index contributed by atoms with van der Waals surface area (Å²) in [5.41, 5.74) is 0.801. The number of nitrogens with zero attached hydrogens (tertiary/aromatic N) is 3. The van der Waals surface area contributed by atoms with Crippen molar-refractivity contribution in [2.24, 2.45) is 0 Å². The van der Waals surface area contributed by atoms with Gasteiger partial charge in [-0.1, -0.05) is 6.92 Å². The Morgan fingerprint density at radius 1 is 1.55 bits per heavy atom. The topological polar surface area (TPSA) is 45.7 Å². The molecule has 0 saturated carbocycles. The number of esters is 1. The predicted molar refractivity (Wildman–Crippen MR) is 81.4 cm³/mol. The van der Waals surface area contributed by atoms with Crippen molar-refractivity contribution in [3.8, 4) is 0 Å². The van der Waals surface area contributed by atoms with Crippen molar-refractivity contribution < 1.29 is 9.53 Å². The largest absolute Gasteiger partial charge is 0.469 e. The first-order chi connectivity index (χ1) is 9.63. The Kier molecular flexibility index (Phi) is 5.37. The standard InChI is InChI=1S/C14H23N3O2S/c1-4-17-7-5-12(6-8-17)16(2)14-15-11(10-20-14)9-13(18)19-3/h10,12H,4-9H2,1-3H3. The second kappa shape index (κ2) is 7.04. The van der Waals surface area contributed by atoms with E-state index in [2.05, 4.69) is 33.5 Å². The summed E-state index contributed by atoms with van der Waals surface area (Å²) in [6.45, 7) is 5.67. The fourth-order valence-corrected chi connectivity index (χ4v) is 3.40. The zero-order chi connectivity index (χ0) is 14.5. The third kappa shape index (κ3) is 3.70. The van der Waals surface area contributed by atoms with E-state index in [-0.39, 0.29) is 12.4 Å². The van der Waals surface area contributed by atoms with Crippen LogP contribution in [-0.2, 0) is 16.0 Å². The fraction of sp³-hybridized carbons (Fsp3) is 0.714. The van der Waals surface area contributed by atoms with Crippen LogP contribution < -0.4 is 4.90 Å². The zero-order valence-corrected chi connectivity index (χ0v) is 13.3. The lowest BCUT2D eigenvalue weighted by molar-refractivity contribution is -0.139.